The van der Waals surface area contributed by atoms with Gasteiger partial charge in [0.25, 0.3) is 0 Å². The number of H-pyrrole nitrogens is 1. The van der Waals surface area contributed by atoms with Gasteiger partial charge in [-0.3, -0.25) is 4.90 Å². The van der Waals surface area contributed by atoms with Gasteiger partial charge in [0.05, 0.1) is 24.0 Å². The topological polar surface area (TPSA) is 58.2 Å². The number of carbonyl (C=O) groups is 1. The van der Waals surface area contributed by atoms with Crippen LogP contribution in [0.25, 0.3) is 11.3 Å². The molecule has 2 heterocycles. The predicted molar refractivity (Wildman–Crippen MR) is 121 cm³/mol. The van der Waals surface area contributed by atoms with Gasteiger partial charge in [-0.1, -0.05) is 60.1 Å². The summed E-state index contributed by atoms with van der Waals surface area (Å²) in [6.45, 7) is 5.70. The van der Waals surface area contributed by atoms with Gasteiger partial charge in [0, 0.05) is 0 Å². The highest BCUT2D eigenvalue weighted by Gasteiger charge is 2.42. The van der Waals surface area contributed by atoms with Crippen molar-refractivity contribution in [3.05, 3.63) is 72.2 Å². The molecule has 0 radical (unpaired) electrons. The normalized spacial score (nSPS) is 19.1. The predicted octanol–water partition coefficient (Wildman–Crippen LogP) is 4.15. The van der Waals surface area contributed by atoms with E-state index < -0.39 is 5.60 Å². The number of imidazole rings is 1. The summed E-state index contributed by atoms with van der Waals surface area (Å²) >= 11 is 0. The number of nitrogens with zero attached hydrogens (tertiary/aromatic N) is 2. The lowest BCUT2D eigenvalue weighted by Crippen LogP contribution is -2.38. The number of amides is 1. The summed E-state index contributed by atoms with van der Waals surface area (Å²) in [5.41, 5.74) is 3.83. The SMILES string of the molecule is Bc1ccc(-c2cnc([C@@H]3CC[C@H](c4ccccc4)N3C(=O)OC(C)(C)C)[nH]2)cc1. The zero-order valence-electron chi connectivity index (χ0n) is 18.1. The van der Waals surface area contributed by atoms with E-state index >= 15 is 0 Å². The number of rotatable bonds is 3. The largest absolute Gasteiger partial charge is 0.444 e. The summed E-state index contributed by atoms with van der Waals surface area (Å²) < 4.78 is 5.78. The van der Waals surface area contributed by atoms with E-state index in [0.717, 1.165) is 35.5 Å². The molecule has 1 saturated heterocycles. The average Bonchev–Trinajstić information content (AvgIpc) is 3.35. The lowest BCUT2D eigenvalue weighted by atomic mass is 9.95. The molecule has 6 heteroatoms. The van der Waals surface area contributed by atoms with Gasteiger partial charge in [0.1, 0.15) is 19.3 Å². The zero-order valence-corrected chi connectivity index (χ0v) is 18.1. The second-order valence-corrected chi connectivity index (χ2v) is 8.96. The molecule has 1 fully saturated rings. The molecule has 154 valence electrons. The number of hydrogen-bond donors (Lipinski definition) is 1. The van der Waals surface area contributed by atoms with E-state index in [-0.39, 0.29) is 18.2 Å². The first kappa shape index (κ1) is 20.3. The molecular weight excluding hydrogens is 373 g/mol. The van der Waals surface area contributed by atoms with Gasteiger partial charge < -0.3 is 9.72 Å². The fourth-order valence-corrected chi connectivity index (χ4v) is 4.04. The minimum absolute atomic E-state index is 0.0287. The zero-order chi connectivity index (χ0) is 21.3. The average molecular weight is 401 g/mol. The van der Waals surface area contributed by atoms with Crippen LogP contribution in [0.15, 0.2) is 60.8 Å². The Morgan fingerprint density at radius 1 is 1.07 bits per heavy atom. The Kier molecular flexibility index (Phi) is 5.41. The molecule has 1 amide bonds. The molecule has 0 bridgehead atoms. The Balaban J connectivity index is 1.66. The van der Waals surface area contributed by atoms with Crippen LogP contribution in [-0.2, 0) is 4.74 Å². The highest BCUT2D eigenvalue weighted by molar-refractivity contribution is 6.32. The third kappa shape index (κ3) is 4.27. The highest BCUT2D eigenvalue weighted by atomic mass is 16.6. The molecule has 0 unspecified atom stereocenters. The molecule has 0 saturated carbocycles. The maximum atomic E-state index is 13.2. The molecule has 4 rings (SSSR count). The molecule has 1 aromatic heterocycles. The Bertz CT molecular complexity index is 1010. The molecule has 0 aliphatic carbocycles. The summed E-state index contributed by atoms with van der Waals surface area (Å²) in [5, 5.41) is 0. The summed E-state index contributed by atoms with van der Waals surface area (Å²) in [5.74, 6) is 0.801. The second-order valence-electron chi connectivity index (χ2n) is 8.96. The van der Waals surface area contributed by atoms with Crippen molar-refractivity contribution >= 4 is 19.4 Å². The molecule has 1 N–H and O–H groups in total. The van der Waals surface area contributed by atoms with Gasteiger partial charge >= 0.3 is 6.09 Å². The van der Waals surface area contributed by atoms with Crippen LogP contribution in [0.3, 0.4) is 0 Å². The fraction of sp³-hybridized carbons (Fsp3) is 0.333. The number of hydrogen-bond acceptors (Lipinski definition) is 3. The van der Waals surface area contributed by atoms with E-state index in [0.29, 0.717) is 0 Å². The first-order valence-corrected chi connectivity index (χ1v) is 10.5. The van der Waals surface area contributed by atoms with Crippen molar-refractivity contribution < 1.29 is 9.53 Å². The lowest BCUT2D eigenvalue weighted by molar-refractivity contribution is 0.0134. The molecular formula is C24H28BN3O2. The number of carbonyl (C=O) groups excluding carboxylic acids is 1. The van der Waals surface area contributed by atoms with Crippen molar-refractivity contribution in [2.75, 3.05) is 0 Å². The summed E-state index contributed by atoms with van der Waals surface area (Å²) in [6, 6.07) is 18.3. The molecule has 1 aliphatic rings. The maximum absolute atomic E-state index is 13.2. The Morgan fingerprint density at radius 2 is 1.73 bits per heavy atom. The molecule has 5 nitrogen and oxygen atoms in total. The number of likely N-dealkylation sites (tertiary alicyclic amines) is 1. The quantitative estimate of drug-likeness (QED) is 0.671. The van der Waals surface area contributed by atoms with E-state index in [4.69, 9.17) is 4.74 Å². The lowest BCUT2D eigenvalue weighted by Gasteiger charge is -2.32. The van der Waals surface area contributed by atoms with Gasteiger partial charge in [-0.2, -0.15) is 0 Å². The maximum Gasteiger partial charge on any atom is 0.411 e. The standard InChI is InChI=1S/C24H28BN3O2/c1-24(2,3)30-23(29)28-20(17-7-5-4-6-8-17)13-14-21(28)22-26-15-19(27-22)16-9-11-18(25)12-10-16/h4-12,15,20-21H,13-14,25H2,1-3H3,(H,26,27)/t20-,21+/m1/s1. The van der Waals surface area contributed by atoms with Crippen molar-refractivity contribution in [3.8, 4) is 11.3 Å². The third-order valence-corrected chi connectivity index (χ3v) is 5.45. The Morgan fingerprint density at radius 3 is 2.40 bits per heavy atom. The molecule has 0 spiro atoms. The van der Waals surface area contributed by atoms with Crippen LogP contribution in [0, 0.1) is 0 Å². The van der Waals surface area contributed by atoms with Crippen LogP contribution in [-0.4, -0.2) is 34.4 Å². The van der Waals surface area contributed by atoms with Crippen LogP contribution in [0.4, 0.5) is 4.79 Å². The molecule has 3 aromatic rings. The highest BCUT2D eigenvalue weighted by Crippen LogP contribution is 2.44. The number of aromatic amines is 1. The second kappa shape index (κ2) is 8.02. The molecule has 30 heavy (non-hydrogen) atoms. The summed E-state index contributed by atoms with van der Waals surface area (Å²) in [6.07, 6.45) is 3.25. The summed E-state index contributed by atoms with van der Waals surface area (Å²) in [7, 11) is 2.07. The number of aromatic nitrogens is 2. The first-order valence-electron chi connectivity index (χ1n) is 10.5. The van der Waals surface area contributed by atoms with E-state index in [1.54, 1.807) is 0 Å². The van der Waals surface area contributed by atoms with Crippen molar-refractivity contribution in [3.63, 3.8) is 0 Å². The van der Waals surface area contributed by atoms with Crippen molar-refractivity contribution in [2.24, 2.45) is 0 Å². The third-order valence-electron chi connectivity index (χ3n) is 5.45. The van der Waals surface area contributed by atoms with Crippen LogP contribution in [0.5, 0.6) is 0 Å². The molecule has 2 aromatic carbocycles. The van der Waals surface area contributed by atoms with Crippen molar-refractivity contribution in [2.45, 2.75) is 51.3 Å². The first-order chi connectivity index (χ1) is 14.3. The molecule has 2 atom stereocenters. The molecule has 1 aliphatic heterocycles. The number of benzene rings is 2. The van der Waals surface area contributed by atoms with Gasteiger partial charge in [0.2, 0.25) is 0 Å². The van der Waals surface area contributed by atoms with Crippen LogP contribution >= 0.6 is 0 Å². The Labute approximate surface area is 178 Å². The van der Waals surface area contributed by atoms with E-state index in [2.05, 4.69) is 54.2 Å². The Hall–Kier alpha value is -3.02. The van der Waals surface area contributed by atoms with Crippen molar-refractivity contribution in [1.29, 1.82) is 0 Å². The van der Waals surface area contributed by atoms with Crippen LogP contribution in [0.2, 0.25) is 0 Å². The smallest absolute Gasteiger partial charge is 0.411 e. The van der Waals surface area contributed by atoms with Gasteiger partial charge in [-0.25, -0.2) is 9.78 Å². The summed E-state index contributed by atoms with van der Waals surface area (Å²) in [4.78, 5) is 23.2. The van der Waals surface area contributed by atoms with E-state index in [1.807, 2.05) is 50.1 Å². The van der Waals surface area contributed by atoms with Crippen molar-refractivity contribution in [1.82, 2.24) is 14.9 Å². The van der Waals surface area contributed by atoms with Gasteiger partial charge in [-0.15, -0.1) is 0 Å². The van der Waals surface area contributed by atoms with Crippen LogP contribution < -0.4 is 5.46 Å². The van der Waals surface area contributed by atoms with Crippen LogP contribution in [0.1, 0.15) is 57.1 Å². The monoisotopic (exact) mass is 401 g/mol. The number of nitrogens with one attached hydrogen (secondary N) is 1. The minimum atomic E-state index is -0.554. The number of ether oxygens (including phenoxy) is 1. The van der Waals surface area contributed by atoms with E-state index in [9.17, 15) is 4.79 Å². The van der Waals surface area contributed by atoms with Gasteiger partial charge in [0.15, 0.2) is 0 Å². The van der Waals surface area contributed by atoms with E-state index in [1.165, 1.54) is 5.46 Å². The minimum Gasteiger partial charge on any atom is -0.444 e. The van der Waals surface area contributed by atoms with Gasteiger partial charge in [-0.05, 0) is 44.7 Å². The fourth-order valence-electron chi connectivity index (χ4n) is 4.04.